The number of aromatic amines is 1. The Morgan fingerprint density at radius 1 is 1.30 bits per heavy atom. The molecule has 0 radical (unpaired) electrons. The smallest absolute Gasteiger partial charge is 0.317 e. The minimum Gasteiger partial charge on any atom is -0.381 e. The van der Waals surface area contributed by atoms with E-state index in [1.165, 1.54) is 5.56 Å². The zero-order chi connectivity index (χ0) is 18.9. The summed E-state index contributed by atoms with van der Waals surface area (Å²) >= 11 is 0. The fourth-order valence-corrected chi connectivity index (χ4v) is 4.40. The first-order valence-corrected chi connectivity index (χ1v) is 10.2. The molecule has 27 heavy (non-hydrogen) atoms. The molecule has 1 aromatic carbocycles. The zero-order valence-electron chi connectivity index (χ0n) is 16.4. The van der Waals surface area contributed by atoms with E-state index in [2.05, 4.69) is 41.3 Å². The maximum atomic E-state index is 12.8. The molecule has 6 heteroatoms. The van der Waals surface area contributed by atoms with Gasteiger partial charge in [-0.1, -0.05) is 13.0 Å². The van der Waals surface area contributed by atoms with Gasteiger partial charge in [-0.3, -0.25) is 0 Å². The van der Waals surface area contributed by atoms with Gasteiger partial charge in [-0.15, -0.1) is 0 Å². The van der Waals surface area contributed by atoms with Crippen LogP contribution < -0.4 is 5.32 Å². The number of ether oxygens (including phenoxy) is 1. The molecule has 0 saturated carbocycles. The quantitative estimate of drug-likeness (QED) is 0.860. The van der Waals surface area contributed by atoms with Gasteiger partial charge in [-0.2, -0.15) is 0 Å². The van der Waals surface area contributed by atoms with Crippen molar-refractivity contribution >= 4 is 17.1 Å². The van der Waals surface area contributed by atoms with Crippen LogP contribution in [0.25, 0.3) is 11.0 Å². The van der Waals surface area contributed by atoms with Crippen molar-refractivity contribution < 1.29 is 9.53 Å². The number of hydrogen-bond donors (Lipinski definition) is 2. The molecule has 0 bridgehead atoms. The average Bonchev–Trinajstić information content (AvgIpc) is 3.10. The Balaban J connectivity index is 1.40. The highest BCUT2D eigenvalue weighted by atomic mass is 16.5. The summed E-state index contributed by atoms with van der Waals surface area (Å²) < 4.78 is 5.52. The number of benzene rings is 1. The highest BCUT2D eigenvalue weighted by Gasteiger charge is 2.37. The number of urea groups is 1. The Bertz CT molecular complexity index is 800. The van der Waals surface area contributed by atoms with Gasteiger partial charge >= 0.3 is 6.03 Å². The number of nitrogens with one attached hydrogen (secondary N) is 2. The third-order valence-corrected chi connectivity index (χ3v) is 6.36. The normalized spacial score (nSPS) is 20.7. The standard InChI is InChI=1S/C21H30N4O2/c1-3-16(19-22-17-5-4-15(2)14-18(17)23-19)24-20(26)25-10-6-21(7-11-25)8-12-27-13-9-21/h4-5,14,16H,3,6-13H2,1-2H3,(H,22,23)(H,24,26)/t16-/m1/s1. The van der Waals surface area contributed by atoms with Crippen LogP contribution >= 0.6 is 0 Å². The summed E-state index contributed by atoms with van der Waals surface area (Å²) in [6, 6.07) is 6.12. The van der Waals surface area contributed by atoms with Gasteiger partial charge in [0.05, 0.1) is 17.1 Å². The van der Waals surface area contributed by atoms with E-state index < -0.39 is 0 Å². The minimum atomic E-state index is -0.0934. The maximum Gasteiger partial charge on any atom is 0.317 e. The summed E-state index contributed by atoms with van der Waals surface area (Å²) in [5.74, 6) is 0.837. The van der Waals surface area contributed by atoms with Gasteiger partial charge in [0.2, 0.25) is 0 Å². The largest absolute Gasteiger partial charge is 0.381 e. The molecule has 3 heterocycles. The van der Waals surface area contributed by atoms with Gasteiger partial charge in [-0.25, -0.2) is 9.78 Å². The molecule has 146 valence electrons. The minimum absolute atomic E-state index is 0.0281. The zero-order valence-corrected chi connectivity index (χ0v) is 16.4. The number of nitrogens with zero attached hydrogens (tertiary/aromatic N) is 2. The number of fused-ring (bicyclic) bond motifs is 1. The number of H-pyrrole nitrogens is 1. The number of carbonyl (C=O) groups excluding carboxylic acids is 1. The summed E-state index contributed by atoms with van der Waals surface area (Å²) in [5.41, 5.74) is 3.57. The predicted molar refractivity (Wildman–Crippen MR) is 106 cm³/mol. The molecule has 2 N–H and O–H groups in total. The van der Waals surface area contributed by atoms with Crippen LogP contribution in [0, 0.1) is 12.3 Å². The SMILES string of the molecule is CC[C@@H](NC(=O)N1CCC2(CCOCC2)CC1)c1nc2ccc(C)cc2[nH]1. The maximum absolute atomic E-state index is 12.8. The van der Waals surface area contributed by atoms with Gasteiger partial charge in [0.1, 0.15) is 5.82 Å². The third-order valence-electron chi connectivity index (χ3n) is 6.36. The molecule has 2 fully saturated rings. The van der Waals surface area contributed by atoms with E-state index in [4.69, 9.17) is 4.74 Å². The van der Waals surface area contributed by atoms with Crippen LogP contribution in [-0.2, 0) is 4.74 Å². The lowest BCUT2D eigenvalue weighted by atomic mass is 9.72. The second-order valence-electron chi connectivity index (χ2n) is 8.15. The molecule has 2 aliphatic heterocycles. The highest BCUT2D eigenvalue weighted by molar-refractivity contribution is 5.77. The van der Waals surface area contributed by atoms with Crippen molar-refractivity contribution in [1.29, 1.82) is 0 Å². The van der Waals surface area contributed by atoms with Crippen LogP contribution in [0.3, 0.4) is 0 Å². The summed E-state index contributed by atoms with van der Waals surface area (Å²) in [6.07, 6.45) is 5.26. The van der Waals surface area contributed by atoms with Crippen molar-refractivity contribution in [1.82, 2.24) is 20.2 Å². The number of hydrogen-bond acceptors (Lipinski definition) is 3. The van der Waals surface area contributed by atoms with Crippen molar-refractivity contribution in [2.75, 3.05) is 26.3 Å². The molecule has 1 spiro atoms. The van der Waals surface area contributed by atoms with Crippen molar-refractivity contribution in [2.45, 2.75) is 52.0 Å². The molecule has 1 aromatic heterocycles. The molecule has 2 aliphatic rings. The lowest BCUT2D eigenvalue weighted by Gasteiger charge is -2.44. The molecular formula is C21H30N4O2. The van der Waals surface area contributed by atoms with E-state index in [9.17, 15) is 4.79 Å². The van der Waals surface area contributed by atoms with Crippen molar-refractivity contribution in [3.8, 4) is 0 Å². The highest BCUT2D eigenvalue weighted by Crippen LogP contribution is 2.40. The predicted octanol–water partition coefficient (Wildman–Crippen LogP) is 3.92. The van der Waals surface area contributed by atoms with E-state index in [1.807, 2.05) is 11.0 Å². The number of aromatic nitrogens is 2. The number of rotatable bonds is 3. The van der Waals surface area contributed by atoms with E-state index >= 15 is 0 Å². The Labute approximate surface area is 160 Å². The number of imidazole rings is 1. The molecule has 2 amide bonds. The van der Waals surface area contributed by atoms with Gasteiger partial charge < -0.3 is 19.9 Å². The Kier molecular flexibility index (Phi) is 5.08. The lowest BCUT2D eigenvalue weighted by molar-refractivity contribution is -0.0146. The number of amides is 2. The molecular weight excluding hydrogens is 340 g/mol. The van der Waals surface area contributed by atoms with Crippen molar-refractivity contribution in [2.24, 2.45) is 5.41 Å². The second kappa shape index (κ2) is 7.50. The van der Waals surface area contributed by atoms with Gasteiger partial charge in [0, 0.05) is 26.3 Å². The molecule has 6 nitrogen and oxygen atoms in total. The van der Waals surface area contributed by atoms with E-state index in [0.29, 0.717) is 5.41 Å². The average molecular weight is 370 g/mol. The lowest BCUT2D eigenvalue weighted by Crippen LogP contribution is -2.49. The van der Waals surface area contributed by atoms with Gasteiger partial charge in [-0.05, 0) is 62.1 Å². The van der Waals surface area contributed by atoms with E-state index in [0.717, 1.165) is 75.3 Å². The van der Waals surface area contributed by atoms with Crippen LogP contribution in [0.1, 0.15) is 56.5 Å². The van der Waals surface area contributed by atoms with E-state index in [-0.39, 0.29) is 12.1 Å². The molecule has 2 aromatic rings. The Morgan fingerprint density at radius 3 is 2.74 bits per heavy atom. The van der Waals surface area contributed by atoms with Crippen LogP contribution in [0.2, 0.25) is 0 Å². The second-order valence-corrected chi connectivity index (χ2v) is 8.15. The Morgan fingerprint density at radius 2 is 2.04 bits per heavy atom. The number of likely N-dealkylation sites (tertiary alicyclic amines) is 1. The monoisotopic (exact) mass is 370 g/mol. The van der Waals surface area contributed by atoms with Crippen LogP contribution in [0.4, 0.5) is 4.79 Å². The number of carbonyl (C=O) groups is 1. The first-order valence-electron chi connectivity index (χ1n) is 10.2. The summed E-state index contributed by atoms with van der Waals surface area (Å²) in [6.45, 7) is 7.56. The third kappa shape index (κ3) is 3.81. The topological polar surface area (TPSA) is 70.2 Å². The fourth-order valence-electron chi connectivity index (χ4n) is 4.40. The van der Waals surface area contributed by atoms with Gasteiger partial charge in [0.15, 0.2) is 0 Å². The summed E-state index contributed by atoms with van der Waals surface area (Å²) in [4.78, 5) is 22.9. The molecule has 0 aliphatic carbocycles. The number of piperidine rings is 1. The summed E-state index contributed by atoms with van der Waals surface area (Å²) in [7, 11) is 0. The Hall–Kier alpha value is -2.08. The molecule has 4 rings (SSSR count). The number of aryl methyl sites for hydroxylation is 1. The van der Waals surface area contributed by atoms with Crippen molar-refractivity contribution in [3.63, 3.8) is 0 Å². The van der Waals surface area contributed by atoms with Crippen molar-refractivity contribution in [3.05, 3.63) is 29.6 Å². The molecule has 1 atom stereocenters. The molecule has 0 unspecified atom stereocenters. The van der Waals surface area contributed by atoms with Crippen LogP contribution in [-0.4, -0.2) is 47.2 Å². The fraction of sp³-hybridized carbons (Fsp3) is 0.619. The summed E-state index contributed by atoms with van der Waals surface area (Å²) in [5, 5.41) is 3.19. The van der Waals surface area contributed by atoms with E-state index in [1.54, 1.807) is 0 Å². The van der Waals surface area contributed by atoms with Crippen LogP contribution in [0.15, 0.2) is 18.2 Å². The first kappa shape index (κ1) is 18.3. The van der Waals surface area contributed by atoms with Gasteiger partial charge in [0.25, 0.3) is 0 Å². The molecule has 2 saturated heterocycles. The van der Waals surface area contributed by atoms with Crippen LogP contribution in [0.5, 0.6) is 0 Å². The first-order chi connectivity index (χ1) is 13.1.